The van der Waals surface area contributed by atoms with Crippen LogP contribution in [0.4, 0.5) is 0 Å². The van der Waals surface area contributed by atoms with E-state index in [9.17, 15) is 8.42 Å². The summed E-state index contributed by atoms with van der Waals surface area (Å²) in [6.45, 7) is 3.93. The van der Waals surface area contributed by atoms with Crippen LogP contribution in [-0.4, -0.2) is 32.4 Å². The van der Waals surface area contributed by atoms with Crippen LogP contribution in [0, 0.1) is 5.92 Å². The smallest absolute Gasteiger partial charge is 0.181 e. The summed E-state index contributed by atoms with van der Waals surface area (Å²) in [4.78, 5) is 0.477. The minimum atomic E-state index is -3.15. The summed E-state index contributed by atoms with van der Waals surface area (Å²) in [6, 6.07) is 7.67. The maximum Gasteiger partial charge on any atom is 0.181 e. The number of hydrogen-bond acceptors (Lipinski definition) is 4. The second-order valence-corrected chi connectivity index (χ2v) is 10.1. The zero-order chi connectivity index (χ0) is 16.8. The van der Waals surface area contributed by atoms with Gasteiger partial charge in [0.15, 0.2) is 9.84 Å². The van der Waals surface area contributed by atoms with Gasteiger partial charge in [-0.15, -0.1) is 0 Å². The first-order valence-corrected chi connectivity index (χ1v) is 10.7. The standard InChI is InChI=1S/C19H27NO3S/c1-14(20-13-19-10-15(11-19)12-23-19)16-6-8-18(9-7-16)24(21,22)17-4-2-3-5-17/h6-9,14-15,17,20H,2-5,10-13H2,1H3. The number of benzene rings is 1. The third kappa shape index (κ3) is 2.91. The van der Waals surface area contributed by atoms with Gasteiger partial charge in [-0.05, 0) is 56.2 Å². The van der Waals surface area contributed by atoms with E-state index in [1.807, 2.05) is 12.1 Å². The molecule has 1 unspecified atom stereocenters. The molecule has 0 spiro atoms. The van der Waals surface area contributed by atoms with E-state index in [1.54, 1.807) is 12.1 Å². The third-order valence-electron chi connectivity index (χ3n) is 6.13. The lowest BCUT2D eigenvalue weighted by atomic mass is 9.74. The predicted molar refractivity (Wildman–Crippen MR) is 93.7 cm³/mol. The van der Waals surface area contributed by atoms with E-state index in [-0.39, 0.29) is 16.9 Å². The third-order valence-corrected chi connectivity index (χ3v) is 8.40. The summed E-state index contributed by atoms with van der Waals surface area (Å²) in [6.07, 6.45) is 6.06. The molecule has 2 bridgehead atoms. The van der Waals surface area contributed by atoms with E-state index in [0.29, 0.717) is 4.90 Å². The Hall–Kier alpha value is -0.910. The highest BCUT2D eigenvalue weighted by molar-refractivity contribution is 7.92. The van der Waals surface area contributed by atoms with E-state index in [4.69, 9.17) is 4.74 Å². The van der Waals surface area contributed by atoms with Gasteiger partial charge < -0.3 is 10.1 Å². The van der Waals surface area contributed by atoms with Crippen LogP contribution in [0.5, 0.6) is 0 Å². The molecule has 24 heavy (non-hydrogen) atoms. The highest BCUT2D eigenvalue weighted by Crippen LogP contribution is 2.48. The van der Waals surface area contributed by atoms with Gasteiger partial charge in [0.2, 0.25) is 0 Å². The van der Waals surface area contributed by atoms with Gasteiger partial charge in [0.05, 0.1) is 22.4 Å². The number of hydrogen-bond donors (Lipinski definition) is 1. The Labute approximate surface area is 144 Å². The van der Waals surface area contributed by atoms with Crippen LogP contribution in [0.3, 0.4) is 0 Å². The molecule has 4 aliphatic rings. The van der Waals surface area contributed by atoms with Crippen LogP contribution in [0.1, 0.15) is 57.1 Å². The second kappa shape index (κ2) is 6.11. The van der Waals surface area contributed by atoms with Gasteiger partial charge >= 0.3 is 0 Å². The molecule has 5 heteroatoms. The van der Waals surface area contributed by atoms with Crippen molar-refractivity contribution in [2.45, 2.75) is 67.2 Å². The number of fused-ring (bicyclic) bond motifs is 1. The van der Waals surface area contributed by atoms with Crippen LogP contribution in [-0.2, 0) is 14.6 Å². The summed E-state index contributed by atoms with van der Waals surface area (Å²) in [5.74, 6) is 0.780. The van der Waals surface area contributed by atoms with E-state index in [0.717, 1.165) is 50.3 Å². The molecule has 2 saturated carbocycles. The topological polar surface area (TPSA) is 55.4 Å². The van der Waals surface area contributed by atoms with Crippen LogP contribution >= 0.6 is 0 Å². The molecule has 2 aliphatic heterocycles. The number of ether oxygens (including phenoxy) is 1. The minimum absolute atomic E-state index is 0.0741. The molecule has 1 N–H and O–H groups in total. The summed E-state index contributed by atoms with van der Waals surface area (Å²) < 4.78 is 31.1. The van der Waals surface area contributed by atoms with Crippen LogP contribution in [0.15, 0.2) is 29.2 Å². The first-order valence-electron chi connectivity index (χ1n) is 9.20. The molecule has 1 aromatic carbocycles. The first kappa shape index (κ1) is 16.6. The van der Waals surface area contributed by atoms with Crippen molar-refractivity contribution in [3.05, 3.63) is 29.8 Å². The highest BCUT2D eigenvalue weighted by Gasteiger charge is 2.51. The molecule has 0 amide bonds. The number of nitrogens with one attached hydrogen (secondary N) is 1. The Bertz CT molecular complexity index is 680. The molecule has 1 aromatic rings. The van der Waals surface area contributed by atoms with Crippen molar-refractivity contribution in [1.29, 1.82) is 0 Å². The van der Waals surface area contributed by atoms with Crippen molar-refractivity contribution >= 4 is 9.84 Å². The summed E-state index contributed by atoms with van der Waals surface area (Å²) in [5, 5.41) is 3.38. The summed E-state index contributed by atoms with van der Waals surface area (Å²) in [5.41, 5.74) is 1.20. The molecule has 132 valence electrons. The van der Waals surface area contributed by atoms with E-state index in [2.05, 4.69) is 12.2 Å². The van der Waals surface area contributed by atoms with Gasteiger partial charge in [0, 0.05) is 12.6 Å². The Balaban J connectivity index is 1.39. The van der Waals surface area contributed by atoms with Gasteiger partial charge in [0.25, 0.3) is 0 Å². The SMILES string of the molecule is CC(NCC12CC(CO1)C2)c1ccc(S(=O)(=O)C2CCCC2)cc1. The molecular formula is C19H27NO3S. The highest BCUT2D eigenvalue weighted by atomic mass is 32.2. The van der Waals surface area contributed by atoms with Gasteiger partial charge in [0.1, 0.15) is 0 Å². The Morgan fingerprint density at radius 2 is 1.88 bits per heavy atom. The van der Waals surface area contributed by atoms with Crippen LogP contribution in [0.2, 0.25) is 0 Å². The predicted octanol–water partition coefficient (Wildman–Crippen LogP) is 3.23. The largest absolute Gasteiger partial charge is 0.373 e. The van der Waals surface area contributed by atoms with Gasteiger partial charge in [-0.2, -0.15) is 0 Å². The Morgan fingerprint density at radius 3 is 2.46 bits per heavy atom. The van der Waals surface area contributed by atoms with Crippen molar-refractivity contribution < 1.29 is 13.2 Å². The fraction of sp³-hybridized carbons (Fsp3) is 0.684. The van der Waals surface area contributed by atoms with Gasteiger partial charge in [-0.3, -0.25) is 0 Å². The maximum absolute atomic E-state index is 12.6. The lowest BCUT2D eigenvalue weighted by Gasteiger charge is -2.37. The molecule has 4 fully saturated rings. The van der Waals surface area contributed by atoms with Gasteiger partial charge in [-0.25, -0.2) is 8.42 Å². The van der Waals surface area contributed by atoms with Crippen molar-refractivity contribution in [2.75, 3.05) is 13.2 Å². The van der Waals surface area contributed by atoms with Gasteiger partial charge in [-0.1, -0.05) is 25.0 Å². The van der Waals surface area contributed by atoms with Crippen LogP contribution in [0.25, 0.3) is 0 Å². The lowest BCUT2D eigenvalue weighted by molar-refractivity contribution is 0.000917. The fourth-order valence-electron chi connectivity index (χ4n) is 4.51. The minimum Gasteiger partial charge on any atom is -0.373 e. The molecule has 1 atom stereocenters. The second-order valence-electron chi connectivity index (χ2n) is 7.89. The molecule has 2 heterocycles. The average Bonchev–Trinajstić information content (AvgIpc) is 3.28. The van der Waals surface area contributed by atoms with Crippen LogP contribution < -0.4 is 5.32 Å². The Kier molecular flexibility index (Phi) is 4.22. The Morgan fingerprint density at radius 1 is 1.21 bits per heavy atom. The zero-order valence-electron chi connectivity index (χ0n) is 14.3. The van der Waals surface area contributed by atoms with Crippen molar-refractivity contribution in [1.82, 2.24) is 5.32 Å². The van der Waals surface area contributed by atoms with Crippen molar-refractivity contribution in [3.63, 3.8) is 0 Å². The average molecular weight is 349 g/mol. The van der Waals surface area contributed by atoms with Crippen molar-refractivity contribution in [3.8, 4) is 0 Å². The van der Waals surface area contributed by atoms with E-state index >= 15 is 0 Å². The zero-order valence-corrected chi connectivity index (χ0v) is 15.1. The number of sulfone groups is 1. The molecule has 0 radical (unpaired) electrons. The van der Waals surface area contributed by atoms with Crippen molar-refractivity contribution in [2.24, 2.45) is 5.92 Å². The van der Waals surface area contributed by atoms with E-state index < -0.39 is 9.84 Å². The molecular weight excluding hydrogens is 322 g/mol. The monoisotopic (exact) mass is 349 g/mol. The summed E-state index contributed by atoms with van der Waals surface area (Å²) in [7, 11) is -3.15. The van der Waals surface area contributed by atoms with E-state index in [1.165, 1.54) is 12.8 Å². The maximum atomic E-state index is 12.6. The lowest BCUT2D eigenvalue weighted by Crippen LogP contribution is -2.46. The molecule has 2 aliphatic carbocycles. The summed E-state index contributed by atoms with van der Waals surface area (Å²) >= 11 is 0. The quantitative estimate of drug-likeness (QED) is 0.857. The molecule has 2 saturated heterocycles. The first-order chi connectivity index (χ1) is 11.5. The normalized spacial score (nSPS) is 31.1. The molecule has 5 rings (SSSR count). The molecule has 4 nitrogen and oxygen atoms in total. The fourth-order valence-corrected chi connectivity index (χ4v) is 6.37. The number of rotatable bonds is 6. The molecule has 0 aromatic heterocycles.